The van der Waals surface area contributed by atoms with Gasteiger partial charge in [-0.05, 0) is 98.1 Å². The number of nitrogens with zero attached hydrogens (tertiary/aromatic N) is 1. The summed E-state index contributed by atoms with van der Waals surface area (Å²) in [5.41, 5.74) is 6.01. The number of aryl methyl sites for hydroxylation is 1. The van der Waals surface area contributed by atoms with Crippen LogP contribution in [-0.4, -0.2) is 36.3 Å². The summed E-state index contributed by atoms with van der Waals surface area (Å²) in [6.45, 7) is 4.96. The van der Waals surface area contributed by atoms with E-state index in [2.05, 4.69) is 35.2 Å². The maximum Gasteiger partial charge on any atom is 0.217 e. The Labute approximate surface area is 206 Å². The van der Waals surface area contributed by atoms with Crippen molar-refractivity contribution < 1.29 is 4.74 Å². The maximum atomic E-state index is 8.08. The number of ether oxygens (including phenoxy) is 1. The minimum absolute atomic E-state index is 0.0538. The standard InChI is InChI=1S/C27H31Cl2N3O/c1-18(30)33-27(31)23-15-22-7-4-6-20(24(22)16-23)5-2-3-12-32-13-10-19(11-14-32)21-8-9-25(28)26(29)17-21/h4,6-9,16-17,19,30-31H,2-3,5,10-15H2,1H3. The van der Waals surface area contributed by atoms with E-state index in [-0.39, 0.29) is 11.8 Å². The van der Waals surface area contributed by atoms with E-state index in [0.29, 0.717) is 22.4 Å². The van der Waals surface area contributed by atoms with Crippen molar-refractivity contribution in [1.29, 1.82) is 10.8 Å². The van der Waals surface area contributed by atoms with E-state index in [4.69, 9.17) is 38.8 Å². The molecule has 0 bridgehead atoms. The van der Waals surface area contributed by atoms with Crippen LogP contribution in [0.25, 0.3) is 6.08 Å². The van der Waals surface area contributed by atoms with Crippen molar-refractivity contribution in [1.82, 2.24) is 4.90 Å². The highest BCUT2D eigenvalue weighted by atomic mass is 35.5. The van der Waals surface area contributed by atoms with Crippen molar-refractivity contribution in [3.05, 3.63) is 74.3 Å². The lowest BCUT2D eigenvalue weighted by Gasteiger charge is -2.32. The van der Waals surface area contributed by atoms with Gasteiger partial charge in [0.1, 0.15) is 0 Å². The largest absolute Gasteiger partial charge is 0.426 e. The Morgan fingerprint density at radius 3 is 2.58 bits per heavy atom. The third-order valence-corrected chi connectivity index (χ3v) is 7.45. The van der Waals surface area contributed by atoms with Crippen LogP contribution in [0.4, 0.5) is 0 Å². The Morgan fingerprint density at radius 1 is 1.06 bits per heavy atom. The number of unbranched alkanes of at least 4 members (excludes halogenated alkanes) is 1. The number of hydrogen-bond acceptors (Lipinski definition) is 4. The van der Waals surface area contributed by atoms with Gasteiger partial charge in [0, 0.05) is 18.9 Å². The van der Waals surface area contributed by atoms with Crippen LogP contribution < -0.4 is 0 Å². The molecule has 1 aliphatic carbocycles. The van der Waals surface area contributed by atoms with Crippen molar-refractivity contribution >= 4 is 41.1 Å². The van der Waals surface area contributed by atoms with Gasteiger partial charge < -0.3 is 9.64 Å². The molecule has 174 valence electrons. The Morgan fingerprint density at radius 2 is 1.85 bits per heavy atom. The van der Waals surface area contributed by atoms with Crippen LogP contribution in [0.15, 0.2) is 42.0 Å². The molecule has 6 heteroatoms. The van der Waals surface area contributed by atoms with Gasteiger partial charge in [-0.1, -0.05) is 47.5 Å². The molecule has 2 N–H and O–H groups in total. The second-order valence-electron chi connectivity index (χ2n) is 9.07. The molecular formula is C27H31Cl2N3O. The summed E-state index contributed by atoms with van der Waals surface area (Å²) in [7, 11) is 0. The molecule has 1 aliphatic heterocycles. The first-order valence-electron chi connectivity index (χ1n) is 11.7. The lowest BCUT2D eigenvalue weighted by atomic mass is 9.89. The summed E-state index contributed by atoms with van der Waals surface area (Å²) in [5.74, 6) is 0.718. The van der Waals surface area contributed by atoms with E-state index in [9.17, 15) is 0 Å². The average molecular weight is 484 g/mol. The molecule has 2 aromatic rings. The molecule has 0 unspecified atom stereocenters. The monoisotopic (exact) mass is 483 g/mol. The normalized spacial score (nSPS) is 16.4. The molecule has 0 atom stereocenters. The zero-order valence-corrected chi connectivity index (χ0v) is 20.6. The zero-order chi connectivity index (χ0) is 23.4. The minimum Gasteiger partial charge on any atom is -0.426 e. The highest BCUT2D eigenvalue weighted by molar-refractivity contribution is 6.42. The van der Waals surface area contributed by atoms with E-state index in [1.54, 1.807) is 6.92 Å². The third-order valence-electron chi connectivity index (χ3n) is 6.71. The summed E-state index contributed by atoms with van der Waals surface area (Å²) in [6.07, 6.45) is 8.50. The Balaban J connectivity index is 1.24. The van der Waals surface area contributed by atoms with Crippen LogP contribution in [0.5, 0.6) is 0 Å². The molecule has 0 radical (unpaired) electrons. The van der Waals surface area contributed by atoms with Gasteiger partial charge in [-0.3, -0.25) is 10.8 Å². The molecule has 0 aromatic heterocycles. The first-order valence-corrected chi connectivity index (χ1v) is 12.5. The first kappa shape index (κ1) is 24.0. The van der Waals surface area contributed by atoms with E-state index in [0.717, 1.165) is 38.0 Å². The van der Waals surface area contributed by atoms with Crippen molar-refractivity contribution in [2.45, 2.75) is 51.4 Å². The fourth-order valence-electron chi connectivity index (χ4n) is 4.93. The third kappa shape index (κ3) is 6.06. The Hall–Kier alpha value is -2.14. The molecule has 1 fully saturated rings. The molecular weight excluding hydrogens is 453 g/mol. The second kappa shape index (κ2) is 10.9. The second-order valence-corrected chi connectivity index (χ2v) is 9.88. The molecule has 1 saturated heterocycles. The van der Waals surface area contributed by atoms with Gasteiger partial charge in [-0.2, -0.15) is 0 Å². The molecule has 0 saturated carbocycles. The fourth-order valence-corrected chi connectivity index (χ4v) is 5.23. The van der Waals surface area contributed by atoms with Gasteiger partial charge >= 0.3 is 0 Å². The molecule has 1 heterocycles. The molecule has 4 rings (SSSR count). The van der Waals surface area contributed by atoms with Gasteiger partial charge in [0.15, 0.2) is 5.90 Å². The number of hydrogen-bond donors (Lipinski definition) is 2. The van der Waals surface area contributed by atoms with Gasteiger partial charge in [0.2, 0.25) is 5.90 Å². The molecule has 4 nitrogen and oxygen atoms in total. The van der Waals surface area contributed by atoms with Crippen molar-refractivity contribution in [3.8, 4) is 0 Å². The predicted octanol–water partition coefficient (Wildman–Crippen LogP) is 7.13. The topological polar surface area (TPSA) is 60.2 Å². The number of rotatable bonds is 7. The van der Waals surface area contributed by atoms with Gasteiger partial charge in [-0.15, -0.1) is 0 Å². The van der Waals surface area contributed by atoms with Crippen molar-refractivity contribution in [2.75, 3.05) is 19.6 Å². The highest BCUT2D eigenvalue weighted by Crippen LogP contribution is 2.33. The summed E-state index contributed by atoms with van der Waals surface area (Å²) in [6, 6.07) is 12.5. The number of benzene rings is 2. The van der Waals surface area contributed by atoms with Gasteiger partial charge in [0.05, 0.1) is 10.0 Å². The summed E-state index contributed by atoms with van der Waals surface area (Å²) in [4.78, 5) is 2.58. The van der Waals surface area contributed by atoms with Crippen LogP contribution in [-0.2, 0) is 17.6 Å². The number of fused-ring (bicyclic) bond motifs is 1. The summed E-state index contributed by atoms with van der Waals surface area (Å²) >= 11 is 12.3. The first-order chi connectivity index (χ1) is 15.9. The molecule has 0 spiro atoms. The van der Waals surface area contributed by atoms with Crippen LogP contribution >= 0.6 is 23.2 Å². The van der Waals surface area contributed by atoms with E-state index in [1.165, 1.54) is 41.5 Å². The van der Waals surface area contributed by atoms with Crippen molar-refractivity contribution in [2.24, 2.45) is 0 Å². The van der Waals surface area contributed by atoms with E-state index < -0.39 is 0 Å². The highest BCUT2D eigenvalue weighted by Gasteiger charge is 2.22. The fraction of sp³-hybridized carbons (Fsp3) is 0.407. The lowest BCUT2D eigenvalue weighted by Crippen LogP contribution is -2.33. The van der Waals surface area contributed by atoms with E-state index in [1.807, 2.05) is 12.1 Å². The zero-order valence-electron chi connectivity index (χ0n) is 19.1. The molecule has 2 aliphatic rings. The van der Waals surface area contributed by atoms with E-state index >= 15 is 0 Å². The predicted molar refractivity (Wildman–Crippen MR) is 138 cm³/mol. The quantitative estimate of drug-likeness (QED) is 0.250. The number of nitrogens with one attached hydrogen (secondary N) is 2. The minimum atomic E-state index is 0.0538. The Kier molecular flexibility index (Phi) is 7.90. The number of piperidine rings is 1. The van der Waals surface area contributed by atoms with Crippen LogP contribution in [0.2, 0.25) is 10.0 Å². The van der Waals surface area contributed by atoms with Gasteiger partial charge in [-0.25, -0.2) is 0 Å². The van der Waals surface area contributed by atoms with Crippen LogP contribution in [0.3, 0.4) is 0 Å². The van der Waals surface area contributed by atoms with Crippen molar-refractivity contribution in [3.63, 3.8) is 0 Å². The molecule has 33 heavy (non-hydrogen) atoms. The molecule has 2 aromatic carbocycles. The van der Waals surface area contributed by atoms with Gasteiger partial charge in [0.25, 0.3) is 0 Å². The lowest BCUT2D eigenvalue weighted by molar-refractivity contribution is 0.209. The number of halogens is 2. The molecule has 0 amide bonds. The van der Waals surface area contributed by atoms with Crippen LogP contribution in [0.1, 0.15) is 60.8 Å². The Bertz CT molecular complexity index is 1070. The SMILES string of the molecule is CC(=N)OC(=N)C1=Cc2c(CCCCN3CCC(c4ccc(Cl)c(Cl)c4)CC3)cccc2C1. The summed E-state index contributed by atoms with van der Waals surface area (Å²) in [5, 5.41) is 16.8. The number of likely N-dealkylation sites (tertiary alicyclic amines) is 1. The van der Waals surface area contributed by atoms with Crippen LogP contribution in [0, 0.1) is 10.8 Å². The summed E-state index contributed by atoms with van der Waals surface area (Å²) < 4.78 is 5.20. The maximum absolute atomic E-state index is 8.08. The average Bonchev–Trinajstić information content (AvgIpc) is 3.24. The smallest absolute Gasteiger partial charge is 0.217 e.